The lowest BCUT2D eigenvalue weighted by Crippen LogP contribution is -2.48. The molecule has 2 aromatic carbocycles. The Bertz CT molecular complexity index is 881. The Morgan fingerprint density at radius 3 is 2.65 bits per heavy atom. The van der Waals surface area contributed by atoms with Crippen molar-refractivity contribution >= 4 is 34.0 Å². The highest BCUT2D eigenvalue weighted by Gasteiger charge is 2.33. The van der Waals surface area contributed by atoms with Crippen LogP contribution in [0.2, 0.25) is 5.02 Å². The van der Waals surface area contributed by atoms with Crippen LogP contribution in [0.1, 0.15) is 17.2 Å². The van der Waals surface area contributed by atoms with Crippen LogP contribution in [0.5, 0.6) is 0 Å². The molecule has 2 aromatic rings. The van der Waals surface area contributed by atoms with E-state index in [9.17, 15) is 17.2 Å². The van der Waals surface area contributed by atoms with Crippen LogP contribution >= 0.6 is 24.0 Å². The average molecular weight is 423 g/mol. The number of rotatable bonds is 4. The summed E-state index contributed by atoms with van der Waals surface area (Å²) in [5.41, 5.74) is 0.996. The van der Waals surface area contributed by atoms with Crippen LogP contribution in [-0.4, -0.2) is 32.4 Å². The lowest BCUT2D eigenvalue weighted by atomic mass is 10.1. The van der Waals surface area contributed by atoms with Gasteiger partial charge in [0.15, 0.2) is 0 Å². The number of nitrogens with zero attached hydrogens (tertiary/aromatic N) is 1. The first-order chi connectivity index (χ1) is 11.9. The number of nitrogens with one attached hydrogen (secondary N) is 1. The Morgan fingerprint density at radius 2 is 1.96 bits per heavy atom. The highest BCUT2D eigenvalue weighted by atomic mass is 35.5. The normalized spacial score (nSPS) is 18.3. The maximum atomic E-state index is 13.5. The summed E-state index contributed by atoms with van der Waals surface area (Å²) in [6.07, 6.45) is 0. The molecule has 0 radical (unpaired) electrons. The van der Waals surface area contributed by atoms with Gasteiger partial charge in [-0.2, -0.15) is 4.31 Å². The van der Waals surface area contributed by atoms with Crippen LogP contribution < -0.4 is 5.32 Å². The van der Waals surface area contributed by atoms with Gasteiger partial charge in [0.2, 0.25) is 10.0 Å². The van der Waals surface area contributed by atoms with Crippen molar-refractivity contribution < 1.29 is 17.2 Å². The zero-order valence-corrected chi connectivity index (χ0v) is 16.1. The van der Waals surface area contributed by atoms with Crippen LogP contribution in [0, 0.1) is 11.6 Å². The van der Waals surface area contributed by atoms with Crippen molar-refractivity contribution in [2.75, 3.05) is 19.6 Å². The molecule has 0 saturated carbocycles. The third-order valence-corrected chi connectivity index (χ3v) is 6.26. The Labute approximate surface area is 162 Å². The van der Waals surface area contributed by atoms with Crippen LogP contribution in [-0.2, 0) is 15.8 Å². The molecule has 1 heterocycles. The van der Waals surface area contributed by atoms with E-state index in [1.165, 1.54) is 28.6 Å². The second kappa shape index (κ2) is 8.63. The fourth-order valence-corrected chi connectivity index (χ4v) is 4.86. The predicted molar refractivity (Wildman–Crippen MR) is 100.0 cm³/mol. The third-order valence-electron chi connectivity index (χ3n) is 4.12. The van der Waals surface area contributed by atoms with Gasteiger partial charge in [0.05, 0.1) is 16.8 Å². The SMILES string of the molecule is Cl.O=S(=O)(Cc1ccc(F)c(Cl)c1)N1CCNCC1c1cccc(F)c1. The fourth-order valence-electron chi connectivity index (χ4n) is 2.94. The summed E-state index contributed by atoms with van der Waals surface area (Å²) in [7, 11) is -3.69. The van der Waals surface area contributed by atoms with E-state index in [4.69, 9.17) is 11.6 Å². The van der Waals surface area contributed by atoms with E-state index in [1.807, 2.05) is 0 Å². The van der Waals surface area contributed by atoms with Gasteiger partial charge in [0.25, 0.3) is 0 Å². The van der Waals surface area contributed by atoms with Crippen molar-refractivity contribution in [3.63, 3.8) is 0 Å². The van der Waals surface area contributed by atoms with Gasteiger partial charge in [-0.15, -0.1) is 12.4 Å². The van der Waals surface area contributed by atoms with Crippen LogP contribution in [0.4, 0.5) is 8.78 Å². The molecule has 1 aliphatic heterocycles. The van der Waals surface area contributed by atoms with Crippen LogP contribution in [0.25, 0.3) is 0 Å². The molecule has 9 heteroatoms. The topological polar surface area (TPSA) is 49.4 Å². The lowest BCUT2D eigenvalue weighted by Gasteiger charge is -2.35. The molecular weight excluding hydrogens is 405 g/mol. The molecule has 1 atom stereocenters. The number of piperazine rings is 1. The molecule has 1 saturated heterocycles. The third kappa shape index (κ3) is 4.72. The molecule has 1 aliphatic rings. The minimum atomic E-state index is -3.69. The first-order valence-electron chi connectivity index (χ1n) is 7.76. The maximum absolute atomic E-state index is 13.5. The summed E-state index contributed by atoms with van der Waals surface area (Å²) in [5.74, 6) is -1.30. The monoisotopic (exact) mass is 422 g/mol. The summed E-state index contributed by atoms with van der Waals surface area (Å²) in [5, 5.41) is 3.02. The van der Waals surface area contributed by atoms with E-state index in [0.29, 0.717) is 24.2 Å². The van der Waals surface area contributed by atoms with Gasteiger partial charge in [-0.1, -0.05) is 29.8 Å². The highest BCUT2D eigenvalue weighted by Crippen LogP contribution is 2.28. The molecule has 0 spiro atoms. The molecule has 1 fully saturated rings. The minimum Gasteiger partial charge on any atom is -0.313 e. The van der Waals surface area contributed by atoms with Crippen molar-refractivity contribution in [1.29, 1.82) is 0 Å². The van der Waals surface area contributed by atoms with Gasteiger partial charge < -0.3 is 5.32 Å². The second-order valence-electron chi connectivity index (χ2n) is 5.89. The number of hydrogen-bond acceptors (Lipinski definition) is 3. The zero-order chi connectivity index (χ0) is 18.0. The van der Waals surface area contributed by atoms with Crippen molar-refractivity contribution in [3.8, 4) is 0 Å². The summed E-state index contributed by atoms with van der Waals surface area (Å²) >= 11 is 5.74. The zero-order valence-electron chi connectivity index (χ0n) is 13.7. The van der Waals surface area contributed by atoms with Gasteiger partial charge >= 0.3 is 0 Å². The number of benzene rings is 2. The van der Waals surface area contributed by atoms with Gasteiger partial charge in [0.1, 0.15) is 11.6 Å². The van der Waals surface area contributed by atoms with Crippen molar-refractivity contribution in [2.24, 2.45) is 0 Å². The molecule has 3 rings (SSSR count). The molecule has 4 nitrogen and oxygen atoms in total. The van der Waals surface area contributed by atoms with E-state index < -0.39 is 27.7 Å². The predicted octanol–water partition coefficient (Wildman–Crippen LogP) is 3.52. The number of halogens is 4. The van der Waals surface area contributed by atoms with Gasteiger partial charge in [-0.05, 0) is 35.4 Å². The van der Waals surface area contributed by atoms with Gasteiger partial charge in [0, 0.05) is 19.6 Å². The number of sulfonamides is 1. The van der Waals surface area contributed by atoms with E-state index in [-0.39, 0.29) is 29.7 Å². The van der Waals surface area contributed by atoms with Crippen molar-refractivity contribution in [1.82, 2.24) is 9.62 Å². The smallest absolute Gasteiger partial charge is 0.218 e. The largest absolute Gasteiger partial charge is 0.313 e. The van der Waals surface area contributed by atoms with Crippen LogP contribution in [0.3, 0.4) is 0 Å². The minimum absolute atomic E-state index is 0. The van der Waals surface area contributed by atoms with E-state index in [2.05, 4.69) is 5.32 Å². The second-order valence-corrected chi connectivity index (χ2v) is 8.22. The Morgan fingerprint density at radius 1 is 1.19 bits per heavy atom. The fraction of sp³-hybridized carbons (Fsp3) is 0.294. The summed E-state index contributed by atoms with van der Waals surface area (Å²) < 4.78 is 54.0. The molecule has 0 aromatic heterocycles. The Hall–Kier alpha value is -1.25. The first kappa shape index (κ1) is 21.1. The molecule has 1 unspecified atom stereocenters. The quantitative estimate of drug-likeness (QED) is 0.819. The van der Waals surface area contributed by atoms with E-state index >= 15 is 0 Å². The van der Waals surface area contributed by atoms with Crippen molar-refractivity contribution in [3.05, 3.63) is 70.2 Å². The Kier molecular flexibility index (Phi) is 6.99. The summed E-state index contributed by atoms with van der Waals surface area (Å²) in [6.45, 7) is 1.18. The molecule has 0 amide bonds. The van der Waals surface area contributed by atoms with Crippen LogP contribution in [0.15, 0.2) is 42.5 Å². The number of hydrogen-bond donors (Lipinski definition) is 1. The molecule has 142 valence electrons. The standard InChI is InChI=1S/C17H17ClF2N2O2S.ClH/c18-15-8-12(4-5-16(15)20)11-25(23,24)22-7-6-21-10-17(22)13-2-1-3-14(19)9-13;/h1-5,8-9,17,21H,6-7,10-11H2;1H. The van der Waals surface area contributed by atoms with Crippen molar-refractivity contribution in [2.45, 2.75) is 11.8 Å². The van der Waals surface area contributed by atoms with E-state index in [1.54, 1.807) is 12.1 Å². The summed E-state index contributed by atoms with van der Waals surface area (Å²) in [4.78, 5) is 0. The highest BCUT2D eigenvalue weighted by molar-refractivity contribution is 7.88. The van der Waals surface area contributed by atoms with Gasteiger partial charge in [-0.3, -0.25) is 0 Å². The molecule has 0 aliphatic carbocycles. The molecule has 26 heavy (non-hydrogen) atoms. The molecule has 0 bridgehead atoms. The Balaban J connectivity index is 0.00000243. The maximum Gasteiger partial charge on any atom is 0.218 e. The molecular formula is C17H18Cl2F2N2O2S. The lowest BCUT2D eigenvalue weighted by molar-refractivity contribution is 0.270. The molecule has 1 N–H and O–H groups in total. The summed E-state index contributed by atoms with van der Waals surface area (Å²) in [6, 6.07) is 9.29. The van der Waals surface area contributed by atoms with E-state index in [0.717, 1.165) is 6.07 Å². The first-order valence-corrected chi connectivity index (χ1v) is 9.75. The average Bonchev–Trinajstić information content (AvgIpc) is 2.58. The van der Waals surface area contributed by atoms with Gasteiger partial charge in [-0.25, -0.2) is 17.2 Å².